The number of esters is 1. The quantitative estimate of drug-likeness (QED) is 0.192. The Kier molecular flexibility index (Phi) is 7.48. The third kappa shape index (κ3) is 5.22. The third-order valence-corrected chi connectivity index (χ3v) is 2.94. The number of ether oxygens (including phenoxy) is 4. The van der Waals surface area contributed by atoms with E-state index in [-0.39, 0.29) is 5.56 Å². The average Bonchev–Trinajstić information content (AvgIpc) is 2.58. The molecule has 0 atom stereocenters. The number of Topliss-reactive ketones (excluding diaryl/α,β-unsaturated/α-hetero) is 1. The number of benzene rings is 1. The van der Waals surface area contributed by atoms with Gasteiger partial charge in [0.15, 0.2) is 11.5 Å². The Hall–Kier alpha value is -2.68. The Bertz CT molecular complexity index is 599. The standard InChI is InChI=1S/C17H20O6/c1-5-6-9-23-16(19)8-7-13(18)12-10-14(20-2)17(22-4)15(11-12)21-3/h10-11H,5-6,9H2,1-4H3. The number of hydrogen-bond donors (Lipinski definition) is 0. The second kappa shape index (κ2) is 9.36. The maximum Gasteiger partial charge on any atom is 0.384 e. The number of hydrogen-bond acceptors (Lipinski definition) is 6. The van der Waals surface area contributed by atoms with Crippen LogP contribution in [0.15, 0.2) is 12.1 Å². The van der Waals surface area contributed by atoms with Gasteiger partial charge in [0.25, 0.3) is 0 Å². The average molecular weight is 320 g/mol. The van der Waals surface area contributed by atoms with Gasteiger partial charge in [-0.25, -0.2) is 4.79 Å². The summed E-state index contributed by atoms with van der Waals surface area (Å²) in [5, 5.41) is 0. The zero-order chi connectivity index (χ0) is 17.2. The third-order valence-electron chi connectivity index (χ3n) is 2.94. The van der Waals surface area contributed by atoms with Gasteiger partial charge in [-0.3, -0.25) is 4.79 Å². The van der Waals surface area contributed by atoms with Crippen LogP contribution >= 0.6 is 0 Å². The van der Waals surface area contributed by atoms with Crippen LogP contribution in [0.4, 0.5) is 0 Å². The van der Waals surface area contributed by atoms with E-state index in [9.17, 15) is 9.59 Å². The molecule has 0 fully saturated rings. The maximum absolute atomic E-state index is 12.1. The molecule has 6 nitrogen and oxygen atoms in total. The number of carbonyl (C=O) groups excluding carboxylic acids is 2. The van der Waals surface area contributed by atoms with Gasteiger partial charge < -0.3 is 18.9 Å². The summed E-state index contributed by atoms with van der Waals surface area (Å²) in [5.41, 5.74) is 0.230. The predicted molar refractivity (Wildman–Crippen MR) is 84.1 cm³/mol. The summed E-state index contributed by atoms with van der Waals surface area (Å²) >= 11 is 0. The SMILES string of the molecule is CCCCOC(=O)C#CC(=O)c1cc(OC)c(OC)c(OC)c1. The van der Waals surface area contributed by atoms with Crippen LogP contribution in [0.2, 0.25) is 0 Å². The Morgan fingerprint density at radius 2 is 1.61 bits per heavy atom. The first kappa shape index (κ1) is 18.4. The molecule has 0 aliphatic carbocycles. The zero-order valence-corrected chi connectivity index (χ0v) is 13.7. The van der Waals surface area contributed by atoms with E-state index >= 15 is 0 Å². The van der Waals surface area contributed by atoms with Crippen molar-refractivity contribution in [2.75, 3.05) is 27.9 Å². The highest BCUT2D eigenvalue weighted by molar-refractivity contribution is 6.12. The zero-order valence-electron chi connectivity index (χ0n) is 13.7. The molecule has 0 radical (unpaired) electrons. The monoisotopic (exact) mass is 320 g/mol. The van der Waals surface area contributed by atoms with Gasteiger partial charge in [0.1, 0.15) is 0 Å². The number of methoxy groups -OCH3 is 3. The Morgan fingerprint density at radius 1 is 1.00 bits per heavy atom. The van der Waals surface area contributed by atoms with Crippen LogP contribution in [0, 0.1) is 11.8 Å². The molecule has 124 valence electrons. The van der Waals surface area contributed by atoms with E-state index in [0.29, 0.717) is 23.9 Å². The fourth-order valence-electron chi connectivity index (χ4n) is 1.74. The van der Waals surface area contributed by atoms with Gasteiger partial charge in [0.2, 0.25) is 11.5 Å². The van der Waals surface area contributed by atoms with Crippen LogP contribution in [-0.2, 0) is 9.53 Å². The van der Waals surface area contributed by atoms with Gasteiger partial charge in [-0.1, -0.05) is 13.3 Å². The highest BCUT2D eigenvalue weighted by Gasteiger charge is 2.16. The van der Waals surface area contributed by atoms with E-state index in [2.05, 4.69) is 11.8 Å². The Labute approximate surface area is 135 Å². The van der Waals surface area contributed by atoms with Crippen molar-refractivity contribution >= 4 is 11.8 Å². The molecule has 0 aliphatic rings. The van der Waals surface area contributed by atoms with Crippen LogP contribution in [0.5, 0.6) is 17.2 Å². The summed E-state index contributed by atoms with van der Waals surface area (Å²) in [4.78, 5) is 23.5. The summed E-state index contributed by atoms with van der Waals surface area (Å²) in [7, 11) is 4.36. The fourth-order valence-corrected chi connectivity index (χ4v) is 1.74. The molecule has 0 aromatic heterocycles. The van der Waals surface area contributed by atoms with E-state index in [1.165, 1.54) is 33.5 Å². The molecule has 0 bridgehead atoms. The molecule has 0 saturated heterocycles. The largest absolute Gasteiger partial charge is 0.493 e. The topological polar surface area (TPSA) is 71.1 Å². The first-order valence-electron chi connectivity index (χ1n) is 7.10. The molecule has 0 heterocycles. The molecule has 0 N–H and O–H groups in total. The van der Waals surface area contributed by atoms with Gasteiger partial charge in [-0.2, -0.15) is 0 Å². The molecule has 0 saturated carbocycles. The van der Waals surface area contributed by atoms with E-state index in [1.54, 1.807) is 0 Å². The molecular weight excluding hydrogens is 300 g/mol. The van der Waals surface area contributed by atoms with Crippen molar-refractivity contribution in [3.8, 4) is 29.1 Å². The van der Waals surface area contributed by atoms with Gasteiger partial charge in [-0.15, -0.1) is 0 Å². The Balaban J connectivity index is 2.94. The molecule has 1 aromatic carbocycles. The molecule has 1 rings (SSSR count). The maximum atomic E-state index is 12.1. The van der Waals surface area contributed by atoms with E-state index in [1.807, 2.05) is 6.92 Å². The lowest BCUT2D eigenvalue weighted by Crippen LogP contribution is -2.04. The van der Waals surface area contributed by atoms with Crippen molar-refractivity contribution < 1.29 is 28.5 Å². The van der Waals surface area contributed by atoms with Gasteiger partial charge >= 0.3 is 5.97 Å². The van der Waals surface area contributed by atoms with Crippen LogP contribution in [0.1, 0.15) is 30.1 Å². The van der Waals surface area contributed by atoms with Crippen LogP contribution in [0.25, 0.3) is 0 Å². The number of rotatable bonds is 7. The molecule has 6 heteroatoms. The fraction of sp³-hybridized carbons (Fsp3) is 0.412. The van der Waals surface area contributed by atoms with Crippen LogP contribution in [-0.4, -0.2) is 39.7 Å². The van der Waals surface area contributed by atoms with Crippen molar-refractivity contribution in [2.24, 2.45) is 0 Å². The Morgan fingerprint density at radius 3 is 2.09 bits per heavy atom. The van der Waals surface area contributed by atoms with Gasteiger partial charge in [0.05, 0.1) is 27.9 Å². The number of unbranched alkanes of at least 4 members (excludes halogenated alkanes) is 1. The lowest BCUT2D eigenvalue weighted by Gasteiger charge is -2.12. The second-order valence-corrected chi connectivity index (χ2v) is 4.48. The van der Waals surface area contributed by atoms with Crippen LogP contribution < -0.4 is 14.2 Å². The van der Waals surface area contributed by atoms with Crippen molar-refractivity contribution in [1.29, 1.82) is 0 Å². The van der Waals surface area contributed by atoms with Crippen molar-refractivity contribution in [2.45, 2.75) is 19.8 Å². The van der Waals surface area contributed by atoms with E-state index in [4.69, 9.17) is 18.9 Å². The predicted octanol–water partition coefficient (Wildman–Crippen LogP) is 2.24. The van der Waals surface area contributed by atoms with Crippen molar-refractivity contribution in [1.82, 2.24) is 0 Å². The lowest BCUT2D eigenvalue weighted by atomic mass is 10.1. The molecule has 0 amide bonds. The minimum absolute atomic E-state index is 0.230. The molecule has 0 aliphatic heterocycles. The molecule has 0 unspecified atom stereocenters. The first-order chi connectivity index (χ1) is 11.1. The molecule has 0 spiro atoms. The smallest absolute Gasteiger partial charge is 0.384 e. The minimum Gasteiger partial charge on any atom is -0.493 e. The molecular formula is C17H20O6. The first-order valence-corrected chi connectivity index (χ1v) is 7.10. The lowest BCUT2D eigenvalue weighted by molar-refractivity contribution is -0.136. The number of carbonyl (C=O) groups is 2. The highest BCUT2D eigenvalue weighted by atomic mass is 16.5. The normalized spacial score (nSPS) is 9.39. The van der Waals surface area contributed by atoms with E-state index in [0.717, 1.165) is 12.8 Å². The number of ketones is 1. The summed E-state index contributed by atoms with van der Waals surface area (Å²) < 4.78 is 20.4. The van der Waals surface area contributed by atoms with Crippen molar-refractivity contribution in [3.63, 3.8) is 0 Å². The second-order valence-electron chi connectivity index (χ2n) is 4.48. The van der Waals surface area contributed by atoms with Crippen LogP contribution in [0.3, 0.4) is 0 Å². The highest BCUT2D eigenvalue weighted by Crippen LogP contribution is 2.38. The summed E-state index contributed by atoms with van der Waals surface area (Å²) in [6, 6.07) is 2.95. The molecule has 1 aromatic rings. The summed E-state index contributed by atoms with van der Waals surface area (Å²) in [6.07, 6.45) is 1.67. The summed E-state index contributed by atoms with van der Waals surface area (Å²) in [6.45, 7) is 2.27. The van der Waals surface area contributed by atoms with E-state index < -0.39 is 11.8 Å². The van der Waals surface area contributed by atoms with Gasteiger partial charge in [-0.05, 0) is 24.5 Å². The van der Waals surface area contributed by atoms with Crippen molar-refractivity contribution in [3.05, 3.63) is 17.7 Å². The minimum atomic E-state index is -0.723. The summed E-state index contributed by atoms with van der Waals surface area (Å²) in [5.74, 6) is 4.20. The van der Waals surface area contributed by atoms with Gasteiger partial charge in [0, 0.05) is 11.5 Å². The molecule has 23 heavy (non-hydrogen) atoms.